The Morgan fingerprint density at radius 2 is 1.93 bits per heavy atom. The Morgan fingerprint density at radius 1 is 1.21 bits per heavy atom. The zero-order chi connectivity index (χ0) is 21.6. The predicted molar refractivity (Wildman–Crippen MR) is 104 cm³/mol. The fourth-order valence-corrected chi connectivity index (χ4v) is 2.58. The monoisotopic (exact) mass is 449 g/mol. The summed E-state index contributed by atoms with van der Waals surface area (Å²) >= 11 is 10.8. The molecule has 0 bridgehead atoms. The summed E-state index contributed by atoms with van der Waals surface area (Å²) in [5.74, 6) is 0.0171. The highest BCUT2D eigenvalue weighted by Gasteiger charge is 2.31. The van der Waals surface area contributed by atoms with Crippen molar-refractivity contribution in [3.8, 4) is 17.2 Å². The molecule has 0 atom stereocenters. The Morgan fingerprint density at radius 3 is 2.52 bits per heavy atom. The van der Waals surface area contributed by atoms with E-state index in [0.717, 1.165) is 18.2 Å². The highest BCUT2D eigenvalue weighted by molar-refractivity contribution is 7.80. The molecule has 156 valence electrons. The van der Waals surface area contributed by atoms with Crippen molar-refractivity contribution in [1.82, 2.24) is 0 Å². The average molecular weight is 450 g/mol. The number of methoxy groups -OCH3 is 1. The summed E-state index contributed by atoms with van der Waals surface area (Å²) in [6, 6.07) is 6.35. The SMILES string of the molecule is COC(=S)CCCOc1cc(Oc2ccc(C(F)(F)F)cc2Cl)ccc1[N+](=O)[O-]. The van der Waals surface area contributed by atoms with Crippen molar-refractivity contribution < 1.29 is 32.3 Å². The maximum Gasteiger partial charge on any atom is 0.416 e. The molecule has 0 aromatic heterocycles. The van der Waals surface area contributed by atoms with Crippen LogP contribution < -0.4 is 9.47 Å². The lowest BCUT2D eigenvalue weighted by molar-refractivity contribution is -0.385. The van der Waals surface area contributed by atoms with Crippen LogP contribution in [0.25, 0.3) is 0 Å². The minimum atomic E-state index is -4.54. The topological polar surface area (TPSA) is 70.8 Å². The van der Waals surface area contributed by atoms with Gasteiger partial charge in [-0.15, -0.1) is 0 Å². The molecule has 0 fully saturated rings. The molecule has 2 aromatic rings. The van der Waals surface area contributed by atoms with Gasteiger partial charge in [0.05, 0.1) is 29.2 Å². The molecule has 0 aliphatic heterocycles. The Kier molecular flexibility index (Phi) is 7.63. The smallest absolute Gasteiger partial charge is 0.416 e. The van der Waals surface area contributed by atoms with Crippen molar-refractivity contribution in [2.45, 2.75) is 19.0 Å². The first-order valence-electron chi connectivity index (χ1n) is 8.14. The van der Waals surface area contributed by atoms with Crippen molar-refractivity contribution in [2.75, 3.05) is 13.7 Å². The first-order valence-corrected chi connectivity index (χ1v) is 8.93. The molecule has 0 saturated heterocycles. The molecule has 2 aromatic carbocycles. The summed E-state index contributed by atoms with van der Waals surface area (Å²) in [4.78, 5) is 10.6. The Balaban J connectivity index is 2.17. The molecule has 0 aliphatic rings. The van der Waals surface area contributed by atoms with Crippen LogP contribution in [0.5, 0.6) is 17.2 Å². The fourth-order valence-electron chi connectivity index (χ4n) is 2.21. The van der Waals surface area contributed by atoms with E-state index in [0.29, 0.717) is 17.9 Å². The fraction of sp³-hybridized carbons (Fsp3) is 0.278. The quantitative estimate of drug-likeness (QED) is 0.207. The largest absolute Gasteiger partial charge is 0.490 e. The van der Waals surface area contributed by atoms with E-state index >= 15 is 0 Å². The predicted octanol–water partition coefficient (Wildman–Crippen LogP) is 6.19. The van der Waals surface area contributed by atoms with Crippen LogP contribution in [0.2, 0.25) is 5.02 Å². The molecule has 2 rings (SSSR count). The molecule has 11 heteroatoms. The first-order chi connectivity index (χ1) is 13.6. The van der Waals surface area contributed by atoms with E-state index in [-0.39, 0.29) is 34.6 Å². The number of nitro groups is 1. The molecule has 0 N–H and O–H groups in total. The van der Waals surface area contributed by atoms with Crippen LogP contribution >= 0.6 is 23.8 Å². The number of alkyl halides is 3. The molecule has 0 radical (unpaired) electrons. The van der Waals surface area contributed by atoms with Crippen molar-refractivity contribution in [3.05, 3.63) is 57.1 Å². The number of halogens is 4. The molecular formula is C18H15ClF3NO5S. The van der Waals surface area contributed by atoms with Crippen LogP contribution in [0.15, 0.2) is 36.4 Å². The van der Waals surface area contributed by atoms with Gasteiger partial charge in [-0.05, 0) is 42.9 Å². The lowest BCUT2D eigenvalue weighted by atomic mass is 10.2. The van der Waals surface area contributed by atoms with Crippen molar-refractivity contribution in [3.63, 3.8) is 0 Å². The summed E-state index contributed by atoms with van der Waals surface area (Å²) in [5, 5.41) is 11.3. The van der Waals surface area contributed by atoms with E-state index in [9.17, 15) is 23.3 Å². The van der Waals surface area contributed by atoms with Gasteiger partial charge in [-0.2, -0.15) is 13.2 Å². The number of nitro benzene ring substituents is 1. The van der Waals surface area contributed by atoms with Crippen molar-refractivity contribution in [1.29, 1.82) is 0 Å². The van der Waals surface area contributed by atoms with Gasteiger partial charge in [-0.25, -0.2) is 0 Å². The van der Waals surface area contributed by atoms with Gasteiger partial charge in [0.15, 0.2) is 5.05 Å². The molecule has 0 amide bonds. The number of thiocarbonyl (C=S) groups is 1. The summed E-state index contributed by atoms with van der Waals surface area (Å²) in [6.07, 6.45) is -3.63. The average Bonchev–Trinajstić information content (AvgIpc) is 2.65. The zero-order valence-corrected chi connectivity index (χ0v) is 16.6. The summed E-state index contributed by atoms with van der Waals surface area (Å²) in [7, 11) is 1.45. The van der Waals surface area contributed by atoms with Gasteiger partial charge in [-0.1, -0.05) is 11.6 Å². The zero-order valence-electron chi connectivity index (χ0n) is 15.0. The molecule has 0 saturated carbocycles. The normalized spacial score (nSPS) is 11.1. The first kappa shape index (κ1) is 22.7. The second-order valence-corrected chi connectivity index (χ2v) is 6.52. The van der Waals surface area contributed by atoms with Gasteiger partial charge in [0, 0.05) is 18.6 Å². The van der Waals surface area contributed by atoms with Crippen LogP contribution in [-0.2, 0) is 10.9 Å². The van der Waals surface area contributed by atoms with Gasteiger partial charge < -0.3 is 14.2 Å². The number of nitrogens with zero attached hydrogens (tertiary/aromatic N) is 1. The number of rotatable bonds is 8. The van der Waals surface area contributed by atoms with Gasteiger partial charge in [-0.3, -0.25) is 10.1 Å². The second kappa shape index (κ2) is 9.75. The van der Waals surface area contributed by atoms with E-state index in [1.165, 1.54) is 25.3 Å². The lowest BCUT2D eigenvalue weighted by Gasteiger charge is -2.12. The van der Waals surface area contributed by atoms with Crippen molar-refractivity contribution >= 4 is 34.6 Å². The van der Waals surface area contributed by atoms with E-state index in [2.05, 4.69) is 0 Å². The third-order valence-electron chi connectivity index (χ3n) is 3.63. The maximum atomic E-state index is 12.7. The molecule has 0 unspecified atom stereocenters. The van der Waals surface area contributed by atoms with Crippen LogP contribution in [-0.4, -0.2) is 23.7 Å². The van der Waals surface area contributed by atoms with E-state index in [4.69, 9.17) is 38.0 Å². The maximum absolute atomic E-state index is 12.7. The summed E-state index contributed by atoms with van der Waals surface area (Å²) in [5.41, 5.74) is -1.21. The van der Waals surface area contributed by atoms with Crippen molar-refractivity contribution in [2.24, 2.45) is 0 Å². The second-order valence-electron chi connectivity index (χ2n) is 5.66. The number of ether oxygens (including phenoxy) is 3. The number of hydrogen-bond acceptors (Lipinski definition) is 6. The highest BCUT2D eigenvalue weighted by atomic mass is 35.5. The van der Waals surface area contributed by atoms with Crippen LogP contribution in [0.3, 0.4) is 0 Å². The van der Waals surface area contributed by atoms with Crippen LogP contribution in [0.1, 0.15) is 18.4 Å². The van der Waals surface area contributed by atoms with Gasteiger partial charge in [0.2, 0.25) is 5.75 Å². The van der Waals surface area contributed by atoms with Crippen LogP contribution in [0, 0.1) is 10.1 Å². The Bertz CT molecular complexity index is 908. The van der Waals surface area contributed by atoms with E-state index in [1.54, 1.807) is 0 Å². The standard InChI is InChI=1S/C18H15ClF3NO5S/c1-26-17(29)3-2-8-27-16-10-12(5-6-14(16)23(24)25)28-15-7-4-11(9-13(15)19)18(20,21)22/h4-7,9-10H,2-3,8H2,1H3. The van der Waals surface area contributed by atoms with Gasteiger partial charge in [0.25, 0.3) is 0 Å². The lowest BCUT2D eigenvalue weighted by Crippen LogP contribution is -2.05. The Labute approximate surface area is 174 Å². The molecule has 0 heterocycles. The van der Waals surface area contributed by atoms with Gasteiger partial charge >= 0.3 is 11.9 Å². The van der Waals surface area contributed by atoms with E-state index < -0.39 is 16.7 Å². The molecule has 6 nitrogen and oxygen atoms in total. The highest BCUT2D eigenvalue weighted by Crippen LogP contribution is 2.38. The molecular weight excluding hydrogens is 435 g/mol. The third-order valence-corrected chi connectivity index (χ3v) is 4.29. The molecule has 0 aliphatic carbocycles. The molecule has 0 spiro atoms. The number of benzene rings is 2. The van der Waals surface area contributed by atoms with E-state index in [1.807, 2.05) is 0 Å². The van der Waals surface area contributed by atoms with Crippen LogP contribution in [0.4, 0.5) is 18.9 Å². The summed E-state index contributed by atoms with van der Waals surface area (Å²) in [6.45, 7) is 0.134. The van der Waals surface area contributed by atoms with Gasteiger partial charge in [0.1, 0.15) is 11.5 Å². The summed E-state index contributed by atoms with van der Waals surface area (Å²) < 4.78 is 53.9. The minimum absolute atomic E-state index is 0.0371. The minimum Gasteiger partial charge on any atom is -0.490 e. The molecule has 29 heavy (non-hydrogen) atoms. The number of hydrogen-bond donors (Lipinski definition) is 0. The third kappa shape index (κ3) is 6.47. The Hall–Kier alpha value is -2.59.